The zero-order valence-electron chi connectivity index (χ0n) is 22.7. The molecule has 0 amide bonds. The van der Waals surface area contributed by atoms with Crippen LogP contribution in [0, 0.1) is 34.5 Å². The number of ketones is 1. The van der Waals surface area contributed by atoms with Crippen LogP contribution in [0.2, 0.25) is 0 Å². The normalized spacial score (nSPS) is 52.2. The minimum absolute atomic E-state index is 0.0196. The molecule has 38 heavy (non-hydrogen) atoms. The predicted octanol–water partition coefficient (Wildman–Crippen LogP) is 3.61. The summed E-state index contributed by atoms with van der Waals surface area (Å²) in [5, 5.41) is 0. The van der Waals surface area contributed by atoms with Gasteiger partial charge in [-0.25, -0.2) is 4.79 Å². The number of epoxide rings is 1. The van der Waals surface area contributed by atoms with E-state index in [1.165, 1.54) is 6.92 Å². The number of fused-ring (bicyclic) bond motifs is 3. The van der Waals surface area contributed by atoms with Crippen molar-refractivity contribution in [1.29, 1.82) is 0 Å². The van der Waals surface area contributed by atoms with Crippen molar-refractivity contribution in [2.24, 2.45) is 34.5 Å². The molecule has 7 aliphatic rings. The van der Waals surface area contributed by atoms with Crippen LogP contribution in [0.5, 0.6) is 0 Å². The predicted molar refractivity (Wildman–Crippen MR) is 132 cm³/mol. The summed E-state index contributed by atoms with van der Waals surface area (Å²) < 4.78 is 24.2. The van der Waals surface area contributed by atoms with Crippen molar-refractivity contribution in [2.75, 3.05) is 0 Å². The van der Waals surface area contributed by atoms with E-state index in [4.69, 9.17) is 18.9 Å². The van der Waals surface area contributed by atoms with Crippen molar-refractivity contribution in [3.05, 3.63) is 23.3 Å². The summed E-state index contributed by atoms with van der Waals surface area (Å²) >= 11 is 0. The van der Waals surface area contributed by atoms with E-state index >= 15 is 0 Å². The number of ether oxygens (including phenoxy) is 4. The minimum atomic E-state index is -0.876. The van der Waals surface area contributed by atoms with Crippen LogP contribution in [0.3, 0.4) is 0 Å². The number of hydrogen-bond donors (Lipinski definition) is 0. The van der Waals surface area contributed by atoms with Gasteiger partial charge in [0.2, 0.25) is 0 Å². The highest BCUT2D eigenvalue weighted by molar-refractivity contribution is 5.98. The molecule has 0 radical (unpaired) electrons. The van der Waals surface area contributed by atoms with Gasteiger partial charge in [0.15, 0.2) is 17.5 Å². The molecule has 0 aromatic rings. The summed E-state index contributed by atoms with van der Waals surface area (Å²) in [6.07, 6.45) is 6.32. The molecular formula is C30H36O8. The second-order valence-electron chi connectivity index (χ2n) is 13.3. The summed E-state index contributed by atoms with van der Waals surface area (Å²) in [5.41, 5.74) is -1.54. The first kappa shape index (κ1) is 24.6. The Bertz CT molecular complexity index is 1250. The SMILES string of the molecule is CC(=O)O[C@H]1C=CC(=O)[C@]2(C)[C@H]3CC[C@]45C(=O)O[C@@](C)(C6CC(C)=C(C)C(=O)O6)[C@H]4CC[C@H]5[C@@H]3C[C@H]3O[C@]132. The molecule has 0 aromatic carbocycles. The molecule has 0 N–H and O–H groups in total. The zero-order chi connectivity index (χ0) is 27.0. The first-order valence-electron chi connectivity index (χ1n) is 14.1. The molecule has 4 aliphatic carbocycles. The fourth-order valence-corrected chi connectivity index (χ4v) is 10.2. The number of cyclic esters (lactones) is 2. The summed E-state index contributed by atoms with van der Waals surface area (Å²) in [4.78, 5) is 52.0. The molecule has 3 saturated carbocycles. The van der Waals surface area contributed by atoms with E-state index in [0.717, 1.165) is 24.8 Å². The van der Waals surface area contributed by atoms with Crippen LogP contribution < -0.4 is 0 Å². The highest BCUT2D eigenvalue weighted by atomic mass is 16.7. The maximum Gasteiger partial charge on any atom is 0.334 e. The maximum absolute atomic E-state index is 13.9. The highest BCUT2D eigenvalue weighted by Gasteiger charge is 2.83. The maximum atomic E-state index is 13.9. The Morgan fingerprint density at radius 2 is 1.82 bits per heavy atom. The summed E-state index contributed by atoms with van der Waals surface area (Å²) in [6, 6.07) is 0. The molecule has 2 spiro atoms. The van der Waals surface area contributed by atoms with Gasteiger partial charge in [0.25, 0.3) is 0 Å². The molecule has 8 nitrogen and oxygen atoms in total. The third-order valence-corrected chi connectivity index (χ3v) is 12.1. The number of carbonyl (C=O) groups is 4. The smallest absolute Gasteiger partial charge is 0.334 e. The largest absolute Gasteiger partial charge is 0.455 e. The van der Waals surface area contributed by atoms with Gasteiger partial charge in [-0.05, 0) is 89.7 Å². The second-order valence-corrected chi connectivity index (χ2v) is 13.3. The number of esters is 3. The first-order valence-corrected chi connectivity index (χ1v) is 14.1. The third-order valence-electron chi connectivity index (χ3n) is 12.1. The van der Waals surface area contributed by atoms with E-state index in [1.807, 2.05) is 20.8 Å². The third kappa shape index (κ3) is 2.61. The lowest BCUT2D eigenvalue weighted by atomic mass is 9.44. The number of rotatable bonds is 2. The van der Waals surface area contributed by atoms with Gasteiger partial charge in [0.1, 0.15) is 11.7 Å². The molecule has 5 fully saturated rings. The molecular weight excluding hydrogens is 488 g/mol. The van der Waals surface area contributed by atoms with Crippen molar-refractivity contribution in [3.8, 4) is 0 Å². The lowest BCUT2D eigenvalue weighted by molar-refractivity contribution is -0.179. The Morgan fingerprint density at radius 1 is 1.05 bits per heavy atom. The average Bonchev–Trinajstić information content (AvgIpc) is 3.37. The molecule has 1 unspecified atom stereocenters. The Labute approximate surface area is 222 Å². The molecule has 7 rings (SSSR count). The van der Waals surface area contributed by atoms with E-state index in [9.17, 15) is 19.2 Å². The van der Waals surface area contributed by atoms with Crippen LogP contribution in [0.25, 0.3) is 0 Å². The van der Waals surface area contributed by atoms with Crippen molar-refractivity contribution in [2.45, 2.75) is 103 Å². The Morgan fingerprint density at radius 3 is 2.53 bits per heavy atom. The van der Waals surface area contributed by atoms with Gasteiger partial charge < -0.3 is 18.9 Å². The van der Waals surface area contributed by atoms with E-state index in [-0.39, 0.29) is 53.5 Å². The topological polar surface area (TPSA) is 109 Å². The van der Waals surface area contributed by atoms with Gasteiger partial charge in [-0.15, -0.1) is 0 Å². The first-order chi connectivity index (χ1) is 17.9. The molecule has 11 atom stereocenters. The minimum Gasteiger partial charge on any atom is -0.455 e. The van der Waals surface area contributed by atoms with Crippen LogP contribution in [0.1, 0.15) is 73.1 Å². The second kappa shape index (κ2) is 7.38. The van der Waals surface area contributed by atoms with Gasteiger partial charge in [-0.2, -0.15) is 0 Å². The van der Waals surface area contributed by atoms with Crippen molar-refractivity contribution < 1.29 is 38.1 Å². The molecule has 2 saturated heterocycles. The monoisotopic (exact) mass is 524 g/mol. The van der Waals surface area contributed by atoms with Crippen molar-refractivity contribution in [1.82, 2.24) is 0 Å². The molecule has 0 aromatic heterocycles. The highest BCUT2D eigenvalue weighted by Crippen LogP contribution is 2.75. The van der Waals surface area contributed by atoms with Crippen LogP contribution in [-0.4, -0.2) is 53.2 Å². The van der Waals surface area contributed by atoms with Crippen molar-refractivity contribution >= 4 is 23.7 Å². The lowest BCUT2D eigenvalue weighted by Crippen LogP contribution is -2.64. The average molecular weight is 525 g/mol. The van der Waals surface area contributed by atoms with E-state index in [2.05, 4.69) is 0 Å². The summed E-state index contributed by atoms with van der Waals surface area (Å²) in [5.74, 6) is -0.696. The Kier molecular flexibility index (Phi) is 4.77. The van der Waals surface area contributed by atoms with E-state index < -0.39 is 34.2 Å². The van der Waals surface area contributed by atoms with Crippen molar-refractivity contribution in [3.63, 3.8) is 0 Å². The van der Waals surface area contributed by atoms with Gasteiger partial charge in [-0.3, -0.25) is 14.4 Å². The Hall–Kier alpha value is -2.48. The van der Waals surface area contributed by atoms with E-state index in [0.29, 0.717) is 24.8 Å². The molecule has 0 bridgehead atoms. The summed E-state index contributed by atoms with van der Waals surface area (Å²) in [6.45, 7) is 9.07. The van der Waals surface area contributed by atoms with E-state index in [1.54, 1.807) is 19.1 Å². The van der Waals surface area contributed by atoms with Crippen LogP contribution in [0.15, 0.2) is 23.3 Å². The molecule has 8 heteroatoms. The van der Waals surface area contributed by atoms with Gasteiger partial charge >= 0.3 is 17.9 Å². The lowest BCUT2D eigenvalue weighted by Gasteiger charge is -2.56. The number of hydrogen-bond acceptors (Lipinski definition) is 8. The van der Waals surface area contributed by atoms with Gasteiger partial charge in [-0.1, -0.05) is 5.57 Å². The van der Waals surface area contributed by atoms with Crippen LogP contribution in [-0.2, 0) is 38.1 Å². The number of allylic oxidation sites excluding steroid dienone is 1. The standard InChI is InChI=1S/C30H36O8/c1-14-12-23(36-25(33)15(14)2)28(5)20-7-6-19-17-13-24-30(37-24)22(35-16(3)31)9-8-21(32)27(30,4)18(17)10-11-29(19,20)26(34)38-28/h8-9,17-20,22-24H,6-7,10-13H2,1-5H3/t17-,18+,19+,20-,22+,23?,24-,27+,28-,29-,30-/m1/s1. The van der Waals surface area contributed by atoms with Gasteiger partial charge in [0.05, 0.1) is 16.9 Å². The quantitative estimate of drug-likeness (QED) is 0.306. The van der Waals surface area contributed by atoms with Crippen LogP contribution >= 0.6 is 0 Å². The fraction of sp³-hybridized carbons (Fsp3) is 0.733. The molecule has 3 aliphatic heterocycles. The zero-order valence-corrected chi connectivity index (χ0v) is 22.7. The molecule has 204 valence electrons. The van der Waals surface area contributed by atoms with Gasteiger partial charge in [0, 0.05) is 24.8 Å². The number of carbonyl (C=O) groups excluding carboxylic acids is 4. The molecule has 3 heterocycles. The summed E-state index contributed by atoms with van der Waals surface area (Å²) in [7, 11) is 0. The van der Waals surface area contributed by atoms with Crippen LogP contribution in [0.4, 0.5) is 0 Å². The Balaban J connectivity index is 1.23. The fourth-order valence-electron chi connectivity index (χ4n) is 10.2.